The molecule has 14 heavy (non-hydrogen) atoms. The Morgan fingerprint density at radius 1 is 1.14 bits per heavy atom. The minimum atomic E-state index is -0.165. The lowest BCUT2D eigenvalue weighted by Gasteiger charge is -2.30. The highest BCUT2D eigenvalue weighted by Gasteiger charge is 2.34. The number of β-amino-alcohol motifs (C(OH)–C–C–N with tert-alkyl or cyclic N) is 1. The number of aliphatic hydroxyl groups excluding tert-OH is 1. The second kappa shape index (κ2) is 4.60. The molecule has 2 N–H and O–H groups in total. The van der Waals surface area contributed by atoms with Gasteiger partial charge in [0.1, 0.15) is 0 Å². The fourth-order valence-electron chi connectivity index (χ4n) is 2.84. The monoisotopic (exact) mass is 198 g/mol. The average Bonchev–Trinajstić information content (AvgIpc) is 2.61. The second-order valence-electron chi connectivity index (χ2n) is 4.71. The zero-order valence-electron chi connectivity index (χ0n) is 9.08. The van der Waals surface area contributed by atoms with Crippen LogP contribution in [0.15, 0.2) is 0 Å². The van der Waals surface area contributed by atoms with E-state index in [4.69, 9.17) is 0 Å². The van der Waals surface area contributed by atoms with E-state index in [9.17, 15) is 5.11 Å². The molecule has 3 heteroatoms. The molecule has 0 radical (unpaired) electrons. The topological polar surface area (TPSA) is 35.5 Å². The molecular weight excluding hydrogens is 176 g/mol. The van der Waals surface area contributed by atoms with E-state index < -0.39 is 0 Å². The molecule has 2 fully saturated rings. The summed E-state index contributed by atoms with van der Waals surface area (Å²) >= 11 is 0. The van der Waals surface area contributed by atoms with Crippen LogP contribution in [0.25, 0.3) is 0 Å². The van der Waals surface area contributed by atoms with Gasteiger partial charge >= 0.3 is 0 Å². The molecule has 1 aliphatic carbocycles. The molecule has 2 atom stereocenters. The first-order chi connectivity index (χ1) is 6.81. The fourth-order valence-corrected chi connectivity index (χ4v) is 2.84. The van der Waals surface area contributed by atoms with Crippen LogP contribution in [0.5, 0.6) is 0 Å². The van der Waals surface area contributed by atoms with Gasteiger partial charge in [-0.25, -0.2) is 0 Å². The molecule has 82 valence electrons. The van der Waals surface area contributed by atoms with Crippen molar-refractivity contribution in [2.45, 2.75) is 50.3 Å². The van der Waals surface area contributed by atoms with Gasteiger partial charge in [-0.05, 0) is 19.9 Å². The summed E-state index contributed by atoms with van der Waals surface area (Å²) < 4.78 is 0. The third kappa shape index (κ3) is 2.10. The molecule has 0 aromatic rings. The summed E-state index contributed by atoms with van der Waals surface area (Å²) in [5.74, 6) is 0. The number of hydrogen-bond acceptors (Lipinski definition) is 3. The van der Waals surface area contributed by atoms with Crippen molar-refractivity contribution in [1.29, 1.82) is 0 Å². The van der Waals surface area contributed by atoms with Crippen molar-refractivity contribution in [2.24, 2.45) is 0 Å². The van der Waals surface area contributed by atoms with Gasteiger partial charge in [-0.1, -0.05) is 19.3 Å². The fraction of sp³-hybridized carbons (Fsp3) is 1.00. The van der Waals surface area contributed by atoms with Gasteiger partial charge in [0.15, 0.2) is 0 Å². The molecule has 1 heterocycles. The van der Waals surface area contributed by atoms with E-state index in [1.807, 2.05) is 7.05 Å². The number of hydrogen-bond donors (Lipinski definition) is 2. The maximum absolute atomic E-state index is 9.79. The van der Waals surface area contributed by atoms with Crippen molar-refractivity contribution in [2.75, 3.05) is 20.1 Å². The van der Waals surface area contributed by atoms with E-state index in [2.05, 4.69) is 10.2 Å². The predicted molar refractivity (Wildman–Crippen MR) is 57.3 cm³/mol. The molecule has 0 aromatic heterocycles. The zero-order valence-corrected chi connectivity index (χ0v) is 9.08. The van der Waals surface area contributed by atoms with Crippen molar-refractivity contribution in [3.63, 3.8) is 0 Å². The summed E-state index contributed by atoms with van der Waals surface area (Å²) in [6.07, 6.45) is 6.67. The highest BCUT2D eigenvalue weighted by molar-refractivity contribution is 4.91. The van der Waals surface area contributed by atoms with Crippen LogP contribution in [0.4, 0.5) is 0 Å². The van der Waals surface area contributed by atoms with E-state index in [1.165, 1.54) is 32.1 Å². The van der Waals surface area contributed by atoms with Crippen molar-refractivity contribution in [1.82, 2.24) is 10.2 Å². The number of likely N-dealkylation sites (tertiary alicyclic amines) is 1. The number of likely N-dealkylation sites (N-methyl/N-ethyl adjacent to an activating group) is 1. The number of rotatable bonds is 2. The Labute approximate surface area is 86.5 Å². The first-order valence-corrected chi connectivity index (χ1v) is 5.90. The van der Waals surface area contributed by atoms with Crippen LogP contribution in [-0.4, -0.2) is 48.3 Å². The van der Waals surface area contributed by atoms with Crippen LogP contribution in [-0.2, 0) is 0 Å². The van der Waals surface area contributed by atoms with Crippen LogP contribution in [0.3, 0.4) is 0 Å². The van der Waals surface area contributed by atoms with E-state index in [0.717, 1.165) is 19.1 Å². The maximum Gasteiger partial charge on any atom is 0.0832 e. The smallest absolute Gasteiger partial charge is 0.0832 e. The quantitative estimate of drug-likeness (QED) is 0.681. The molecule has 0 bridgehead atoms. The molecule has 1 aliphatic heterocycles. The lowest BCUT2D eigenvalue weighted by atomic mass is 9.94. The third-order valence-corrected chi connectivity index (χ3v) is 3.78. The predicted octanol–water partition coefficient (Wildman–Crippen LogP) is 0.584. The number of nitrogens with one attached hydrogen (secondary N) is 1. The summed E-state index contributed by atoms with van der Waals surface area (Å²) in [7, 11) is 1.94. The minimum Gasteiger partial charge on any atom is -0.390 e. The van der Waals surface area contributed by atoms with Crippen LogP contribution in [0.1, 0.15) is 32.1 Å². The van der Waals surface area contributed by atoms with Gasteiger partial charge in [0.2, 0.25) is 0 Å². The van der Waals surface area contributed by atoms with Crippen LogP contribution in [0.2, 0.25) is 0 Å². The van der Waals surface area contributed by atoms with Crippen LogP contribution in [0, 0.1) is 0 Å². The molecule has 0 spiro atoms. The SMILES string of the molecule is CNC1CN(C2CCCCC2)CC1O. The van der Waals surface area contributed by atoms with Crippen LogP contribution < -0.4 is 5.32 Å². The van der Waals surface area contributed by atoms with Crippen molar-refractivity contribution >= 4 is 0 Å². The highest BCUT2D eigenvalue weighted by atomic mass is 16.3. The summed E-state index contributed by atoms with van der Waals surface area (Å²) in [5, 5.41) is 13.0. The van der Waals surface area contributed by atoms with Crippen molar-refractivity contribution in [3.8, 4) is 0 Å². The van der Waals surface area contributed by atoms with Crippen LogP contribution >= 0.6 is 0 Å². The van der Waals surface area contributed by atoms with Gasteiger partial charge < -0.3 is 10.4 Å². The minimum absolute atomic E-state index is 0.165. The Kier molecular flexibility index (Phi) is 3.42. The Hall–Kier alpha value is -0.120. The molecule has 1 saturated heterocycles. The molecule has 2 rings (SSSR count). The zero-order chi connectivity index (χ0) is 9.97. The Morgan fingerprint density at radius 2 is 1.86 bits per heavy atom. The van der Waals surface area contributed by atoms with Crippen molar-refractivity contribution < 1.29 is 5.11 Å². The van der Waals surface area contributed by atoms with Crippen molar-refractivity contribution in [3.05, 3.63) is 0 Å². The largest absolute Gasteiger partial charge is 0.390 e. The third-order valence-electron chi connectivity index (χ3n) is 3.78. The molecule has 2 aliphatic rings. The van der Waals surface area contributed by atoms with Gasteiger partial charge in [0.05, 0.1) is 6.10 Å². The van der Waals surface area contributed by atoms with E-state index >= 15 is 0 Å². The molecule has 1 saturated carbocycles. The summed E-state index contributed by atoms with van der Waals surface area (Å²) in [4.78, 5) is 2.48. The lowest BCUT2D eigenvalue weighted by molar-refractivity contribution is 0.136. The molecule has 3 nitrogen and oxygen atoms in total. The molecule has 0 aromatic carbocycles. The van der Waals surface area contributed by atoms with E-state index in [0.29, 0.717) is 0 Å². The van der Waals surface area contributed by atoms with Gasteiger partial charge in [-0.15, -0.1) is 0 Å². The van der Waals surface area contributed by atoms with E-state index in [-0.39, 0.29) is 12.1 Å². The standard InChI is InChI=1S/C11H22N2O/c1-12-10-7-13(8-11(10)14)9-5-3-2-4-6-9/h9-12,14H,2-8H2,1H3. The summed E-state index contributed by atoms with van der Waals surface area (Å²) in [5.41, 5.74) is 0. The van der Waals surface area contributed by atoms with Gasteiger partial charge in [0, 0.05) is 25.2 Å². The Balaban J connectivity index is 1.86. The summed E-state index contributed by atoms with van der Waals surface area (Å²) in [6, 6.07) is 1.04. The van der Waals surface area contributed by atoms with Gasteiger partial charge in [-0.2, -0.15) is 0 Å². The normalized spacial score (nSPS) is 36.4. The summed E-state index contributed by atoms with van der Waals surface area (Å²) in [6.45, 7) is 1.90. The first kappa shape index (κ1) is 10.4. The second-order valence-corrected chi connectivity index (χ2v) is 4.71. The molecule has 0 amide bonds. The Morgan fingerprint density at radius 3 is 2.43 bits per heavy atom. The molecule has 2 unspecified atom stereocenters. The highest BCUT2D eigenvalue weighted by Crippen LogP contribution is 2.25. The average molecular weight is 198 g/mol. The van der Waals surface area contributed by atoms with Gasteiger partial charge in [0.25, 0.3) is 0 Å². The molecular formula is C11H22N2O. The first-order valence-electron chi connectivity index (χ1n) is 5.90. The van der Waals surface area contributed by atoms with E-state index in [1.54, 1.807) is 0 Å². The van der Waals surface area contributed by atoms with Gasteiger partial charge in [-0.3, -0.25) is 4.90 Å². The number of aliphatic hydroxyl groups is 1. The number of nitrogens with zero attached hydrogens (tertiary/aromatic N) is 1. The Bertz CT molecular complexity index is 180. The maximum atomic E-state index is 9.79. The lowest BCUT2D eigenvalue weighted by Crippen LogP contribution is -2.38.